The molecule has 8 nitrogen and oxygen atoms in total. The molecule has 2 N–H and O–H groups in total. The molecule has 0 aliphatic carbocycles. The molecule has 2 aromatic carbocycles. The van der Waals surface area contributed by atoms with E-state index >= 15 is 0 Å². The Morgan fingerprint density at radius 1 is 1.09 bits per heavy atom. The molecular weight excluding hydrogens is 452 g/mol. The Kier molecular flexibility index (Phi) is 7.46. The van der Waals surface area contributed by atoms with E-state index in [1.54, 1.807) is 30.5 Å². The highest BCUT2D eigenvalue weighted by molar-refractivity contribution is 7.09. The number of ether oxygens (including phenoxy) is 1. The normalized spacial score (nSPS) is 10.8. The largest absolute Gasteiger partial charge is 0.441 e. The zero-order chi connectivity index (χ0) is 23.9. The van der Waals surface area contributed by atoms with Crippen molar-refractivity contribution in [1.82, 2.24) is 15.3 Å². The second-order valence-electron chi connectivity index (χ2n) is 7.56. The number of rotatable bonds is 9. The molecule has 4 rings (SSSR count). The first kappa shape index (κ1) is 23.3. The number of hydrogen-bond donors (Lipinski definition) is 2. The van der Waals surface area contributed by atoms with Gasteiger partial charge in [0.05, 0.1) is 11.6 Å². The fourth-order valence-corrected chi connectivity index (χ4v) is 4.10. The maximum Gasteiger partial charge on any atom is 0.271 e. The van der Waals surface area contributed by atoms with Crippen LogP contribution in [0.5, 0.6) is 0 Å². The molecular formula is C25H24N4O4S. The van der Waals surface area contributed by atoms with E-state index in [1.165, 1.54) is 18.4 Å². The van der Waals surface area contributed by atoms with Crippen LogP contribution in [0.3, 0.4) is 0 Å². The van der Waals surface area contributed by atoms with Crippen LogP contribution in [0.15, 0.2) is 64.4 Å². The summed E-state index contributed by atoms with van der Waals surface area (Å²) >= 11 is 1.46. The van der Waals surface area contributed by atoms with Crippen LogP contribution in [0.4, 0.5) is 5.69 Å². The lowest BCUT2D eigenvalue weighted by molar-refractivity contribution is -0.119. The van der Waals surface area contributed by atoms with Crippen LogP contribution in [0.2, 0.25) is 0 Å². The molecule has 0 aliphatic heterocycles. The Morgan fingerprint density at radius 2 is 1.91 bits per heavy atom. The number of nitrogens with zero attached hydrogens (tertiary/aromatic N) is 2. The minimum atomic E-state index is -0.262. The van der Waals surface area contributed by atoms with Gasteiger partial charge in [-0.1, -0.05) is 36.4 Å². The summed E-state index contributed by atoms with van der Waals surface area (Å²) in [5, 5.41) is 8.26. The highest BCUT2D eigenvalue weighted by Gasteiger charge is 2.15. The van der Waals surface area contributed by atoms with Gasteiger partial charge in [-0.3, -0.25) is 9.59 Å². The van der Waals surface area contributed by atoms with Gasteiger partial charge in [0.2, 0.25) is 11.8 Å². The molecule has 0 atom stereocenters. The second kappa shape index (κ2) is 10.9. The number of oxazole rings is 1. The van der Waals surface area contributed by atoms with Crippen LogP contribution >= 0.6 is 11.3 Å². The van der Waals surface area contributed by atoms with Crippen molar-refractivity contribution in [3.8, 4) is 11.5 Å². The predicted molar refractivity (Wildman–Crippen MR) is 130 cm³/mol. The molecule has 2 aromatic heterocycles. The summed E-state index contributed by atoms with van der Waals surface area (Å²) < 4.78 is 10.6. The van der Waals surface area contributed by atoms with E-state index in [2.05, 4.69) is 20.6 Å². The summed E-state index contributed by atoms with van der Waals surface area (Å²) in [4.78, 5) is 33.3. The Labute approximate surface area is 201 Å². The van der Waals surface area contributed by atoms with Gasteiger partial charge in [-0.05, 0) is 30.7 Å². The van der Waals surface area contributed by atoms with Gasteiger partial charge in [-0.2, -0.15) is 0 Å². The molecule has 4 aromatic rings. The molecule has 34 heavy (non-hydrogen) atoms. The summed E-state index contributed by atoms with van der Waals surface area (Å²) in [5.74, 6) is 0.499. The molecule has 0 fully saturated rings. The van der Waals surface area contributed by atoms with Crippen molar-refractivity contribution in [3.05, 3.63) is 87.7 Å². The van der Waals surface area contributed by atoms with Gasteiger partial charge in [0, 0.05) is 30.2 Å². The highest BCUT2D eigenvalue weighted by Crippen LogP contribution is 2.24. The highest BCUT2D eigenvalue weighted by atomic mass is 32.1. The molecule has 0 saturated carbocycles. The molecule has 0 spiro atoms. The number of aryl methyl sites for hydroxylation is 1. The van der Waals surface area contributed by atoms with E-state index in [-0.39, 0.29) is 25.0 Å². The minimum Gasteiger partial charge on any atom is -0.441 e. The Morgan fingerprint density at radius 3 is 2.71 bits per heavy atom. The number of anilines is 1. The minimum absolute atomic E-state index is 0.0288. The van der Waals surface area contributed by atoms with Gasteiger partial charge in [0.25, 0.3) is 5.91 Å². The second-order valence-corrected chi connectivity index (χ2v) is 8.50. The first-order valence-corrected chi connectivity index (χ1v) is 11.5. The van der Waals surface area contributed by atoms with E-state index in [4.69, 9.17) is 9.15 Å². The van der Waals surface area contributed by atoms with Crippen molar-refractivity contribution in [2.75, 3.05) is 19.0 Å². The lowest BCUT2D eigenvalue weighted by Gasteiger charge is -2.05. The van der Waals surface area contributed by atoms with Crippen molar-refractivity contribution in [3.63, 3.8) is 0 Å². The monoisotopic (exact) mass is 476 g/mol. The number of nitrogens with one attached hydrogen (secondary N) is 2. The molecule has 2 amide bonds. The molecule has 0 saturated heterocycles. The van der Waals surface area contributed by atoms with Crippen LogP contribution in [-0.2, 0) is 22.5 Å². The van der Waals surface area contributed by atoms with E-state index in [1.807, 2.05) is 36.4 Å². The van der Waals surface area contributed by atoms with Crippen molar-refractivity contribution in [2.45, 2.75) is 19.9 Å². The maximum absolute atomic E-state index is 12.6. The number of carbonyl (C=O) groups is 2. The van der Waals surface area contributed by atoms with E-state index < -0.39 is 0 Å². The third-order valence-electron chi connectivity index (χ3n) is 4.96. The summed E-state index contributed by atoms with van der Waals surface area (Å²) in [6.45, 7) is 1.98. The number of aromatic nitrogens is 2. The van der Waals surface area contributed by atoms with Crippen molar-refractivity contribution < 1.29 is 18.7 Å². The van der Waals surface area contributed by atoms with E-state index in [9.17, 15) is 9.59 Å². The smallest absolute Gasteiger partial charge is 0.271 e. The topological polar surface area (TPSA) is 106 Å². The number of hydrogen-bond acceptors (Lipinski definition) is 7. The Balaban J connectivity index is 1.38. The van der Waals surface area contributed by atoms with Gasteiger partial charge in [0.15, 0.2) is 0 Å². The Bertz CT molecular complexity index is 1280. The quantitative estimate of drug-likeness (QED) is 0.375. The average molecular weight is 477 g/mol. The zero-order valence-corrected chi connectivity index (χ0v) is 19.6. The van der Waals surface area contributed by atoms with Crippen LogP contribution < -0.4 is 10.6 Å². The maximum atomic E-state index is 12.6. The number of benzene rings is 2. The number of carbonyl (C=O) groups excluding carboxylic acids is 2. The van der Waals surface area contributed by atoms with Gasteiger partial charge < -0.3 is 19.8 Å². The van der Waals surface area contributed by atoms with Crippen LogP contribution in [0.1, 0.15) is 32.5 Å². The van der Waals surface area contributed by atoms with Crippen molar-refractivity contribution in [1.29, 1.82) is 0 Å². The Hall–Kier alpha value is -3.82. The van der Waals surface area contributed by atoms with Gasteiger partial charge >= 0.3 is 0 Å². The van der Waals surface area contributed by atoms with Crippen LogP contribution in [0.25, 0.3) is 11.5 Å². The lowest BCUT2D eigenvalue weighted by atomic mass is 10.2. The van der Waals surface area contributed by atoms with Crippen molar-refractivity contribution in [2.24, 2.45) is 0 Å². The molecule has 174 valence electrons. The SMILES string of the molecule is COCC(=O)Nc1cccc(-c2nc(CNC(=O)c3csc(Cc4ccccc4)n3)c(C)o2)c1. The molecule has 9 heteroatoms. The summed E-state index contributed by atoms with van der Waals surface area (Å²) in [6, 6.07) is 17.2. The molecule has 0 unspecified atom stereocenters. The number of thiazole rings is 1. The summed E-state index contributed by atoms with van der Waals surface area (Å²) in [7, 11) is 1.46. The third kappa shape index (κ3) is 5.94. The molecule has 2 heterocycles. The van der Waals surface area contributed by atoms with Gasteiger partial charge in [-0.25, -0.2) is 9.97 Å². The standard InChI is InChI=1S/C25H24N4O4S/c1-16-20(29-25(33-16)18-9-6-10-19(12-18)27-22(30)14-32-2)13-26-24(31)21-15-34-23(28-21)11-17-7-4-3-5-8-17/h3-10,12,15H,11,13-14H2,1-2H3,(H,26,31)(H,27,30). The van der Waals surface area contributed by atoms with E-state index in [0.717, 1.165) is 10.6 Å². The lowest BCUT2D eigenvalue weighted by Crippen LogP contribution is -2.23. The van der Waals surface area contributed by atoms with Crippen LogP contribution in [0, 0.1) is 6.92 Å². The fraction of sp³-hybridized carbons (Fsp3) is 0.200. The fourth-order valence-electron chi connectivity index (χ4n) is 3.30. The zero-order valence-electron chi connectivity index (χ0n) is 18.8. The average Bonchev–Trinajstić information content (AvgIpc) is 3.45. The van der Waals surface area contributed by atoms with Crippen molar-refractivity contribution >= 4 is 28.8 Å². The number of methoxy groups -OCH3 is 1. The van der Waals surface area contributed by atoms with Gasteiger partial charge in [0.1, 0.15) is 23.8 Å². The molecule has 0 aliphatic rings. The first-order valence-electron chi connectivity index (χ1n) is 10.6. The third-order valence-corrected chi connectivity index (χ3v) is 5.81. The molecule has 0 bridgehead atoms. The van der Waals surface area contributed by atoms with Gasteiger partial charge in [-0.15, -0.1) is 11.3 Å². The number of amides is 2. The molecule has 0 radical (unpaired) electrons. The van der Waals surface area contributed by atoms with E-state index in [0.29, 0.717) is 40.7 Å². The summed E-state index contributed by atoms with van der Waals surface area (Å²) in [6.07, 6.45) is 0.690. The summed E-state index contributed by atoms with van der Waals surface area (Å²) in [5.41, 5.74) is 3.48. The predicted octanol–water partition coefficient (Wildman–Crippen LogP) is 4.21. The first-order chi connectivity index (χ1) is 16.5. The van der Waals surface area contributed by atoms with Crippen LogP contribution in [-0.4, -0.2) is 35.5 Å².